The molecule has 0 saturated carbocycles. The molecule has 0 spiro atoms. The monoisotopic (exact) mass is 404 g/mol. The van der Waals surface area contributed by atoms with Crippen LogP contribution in [0.1, 0.15) is 47.4 Å². The fourth-order valence-corrected chi connectivity index (χ4v) is 5.10. The number of rotatable bonds is 5. The SMILES string of the molecule is Cc1oc2ccc(OCc3ccccc3)cc2c1C(=O)NC1CC2CC[C@@H](C1)N2C. The van der Waals surface area contributed by atoms with E-state index in [0.29, 0.717) is 35.6 Å². The molecule has 5 rings (SSSR count). The Morgan fingerprint density at radius 1 is 1.13 bits per heavy atom. The molecule has 2 aliphatic rings. The van der Waals surface area contributed by atoms with Gasteiger partial charge in [0.2, 0.25) is 0 Å². The van der Waals surface area contributed by atoms with Crippen molar-refractivity contribution in [1.29, 1.82) is 0 Å². The number of amides is 1. The van der Waals surface area contributed by atoms with Gasteiger partial charge in [0.05, 0.1) is 5.56 Å². The Morgan fingerprint density at radius 2 is 1.87 bits per heavy atom. The van der Waals surface area contributed by atoms with Crippen molar-refractivity contribution in [3.63, 3.8) is 0 Å². The molecular weight excluding hydrogens is 376 g/mol. The molecule has 0 radical (unpaired) electrons. The normalized spacial score (nSPS) is 23.6. The van der Waals surface area contributed by atoms with Crippen LogP contribution in [-0.4, -0.2) is 36.0 Å². The highest BCUT2D eigenvalue weighted by atomic mass is 16.5. The first-order valence-electron chi connectivity index (χ1n) is 10.8. The van der Waals surface area contributed by atoms with Crippen LogP contribution in [0.4, 0.5) is 0 Å². The van der Waals surface area contributed by atoms with Crippen molar-refractivity contribution in [2.45, 2.75) is 57.3 Å². The standard InChI is InChI=1S/C25H28N2O3/c1-16-24(25(28)26-18-12-19-8-9-20(13-18)27(19)2)22-14-21(10-11-23(22)30-16)29-15-17-6-4-3-5-7-17/h3-7,10-11,14,18-20H,8-9,12-13,15H2,1-2H3,(H,26,28)/t18?,19-,20?/m0/s1. The molecule has 3 aromatic rings. The van der Waals surface area contributed by atoms with Gasteiger partial charge in [0.15, 0.2) is 0 Å². The third kappa shape index (κ3) is 3.58. The third-order valence-electron chi connectivity index (χ3n) is 6.74. The number of carbonyl (C=O) groups is 1. The average Bonchev–Trinajstić information content (AvgIpc) is 3.16. The van der Waals surface area contributed by atoms with Gasteiger partial charge in [-0.3, -0.25) is 4.79 Å². The molecular formula is C25H28N2O3. The second kappa shape index (κ2) is 7.80. The molecule has 1 aromatic heterocycles. The summed E-state index contributed by atoms with van der Waals surface area (Å²) in [5, 5.41) is 4.10. The number of hydrogen-bond acceptors (Lipinski definition) is 4. The van der Waals surface area contributed by atoms with Gasteiger partial charge in [-0.25, -0.2) is 0 Å². The molecule has 3 atom stereocenters. The summed E-state index contributed by atoms with van der Waals surface area (Å²) in [6.45, 7) is 2.35. The molecule has 2 saturated heterocycles. The van der Waals surface area contributed by atoms with Crippen molar-refractivity contribution in [3.05, 3.63) is 65.4 Å². The summed E-state index contributed by atoms with van der Waals surface area (Å²) >= 11 is 0. The molecule has 2 fully saturated rings. The van der Waals surface area contributed by atoms with Crippen molar-refractivity contribution in [2.75, 3.05) is 7.05 Å². The van der Waals surface area contributed by atoms with Crippen molar-refractivity contribution in [2.24, 2.45) is 0 Å². The predicted molar refractivity (Wildman–Crippen MR) is 117 cm³/mol. The fraction of sp³-hybridized carbons (Fsp3) is 0.400. The van der Waals surface area contributed by atoms with Crippen LogP contribution in [-0.2, 0) is 6.61 Å². The number of piperidine rings is 1. The van der Waals surface area contributed by atoms with Crippen LogP contribution in [0.3, 0.4) is 0 Å². The highest BCUT2D eigenvalue weighted by molar-refractivity contribution is 6.07. The van der Waals surface area contributed by atoms with Crippen molar-refractivity contribution >= 4 is 16.9 Å². The molecule has 5 heteroatoms. The highest BCUT2D eigenvalue weighted by Crippen LogP contribution is 2.35. The topological polar surface area (TPSA) is 54.7 Å². The maximum absolute atomic E-state index is 13.2. The van der Waals surface area contributed by atoms with Gasteiger partial charge in [-0.2, -0.15) is 0 Å². The molecule has 2 aromatic carbocycles. The summed E-state index contributed by atoms with van der Waals surface area (Å²) in [5.41, 5.74) is 2.45. The number of aryl methyl sites for hydroxylation is 1. The van der Waals surface area contributed by atoms with Crippen molar-refractivity contribution in [1.82, 2.24) is 10.2 Å². The van der Waals surface area contributed by atoms with Crippen LogP contribution in [0.25, 0.3) is 11.0 Å². The summed E-state index contributed by atoms with van der Waals surface area (Å²) in [4.78, 5) is 15.7. The minimum Gasteiger partial charge on any atom is -0.489 e. The number of hydrogen-bond donors (Lipinski definition) is 1. The Kier molecular flexibility index (Phi) is 4.99. The van der Waals surface area contributed by atoms with Gasteiger partial charge in [0, 0.05) is 23.5 Å². The Morgan fingerprint density at radius 3 is 2.60 bits per heavy atom. The van der Waals surface area contributed by atoms with E-state index in [0.717, 1.165) is 29.5 Å². The predicted octanol–water partition coefficient (Wildman–Crippen LogP) is 4.68. The Labute approximate surface area is 177 Å². The maximum atomic E-state index is 13.2. The largest absolute Gasteiger partial charge is 0.489 e. The first-order valence-corrected chi connectivity index (χ1v) is 10.8. The van der Waals surface area contributed by atoms with E-state index in [1.807, 2.05) is 55.5 Å². The zero-order chi connectivity index (χ0) is 20.7. The average molecular weight is 405 g/mol. The van der Waals surface area contributed by atoms with E-state index in [9.17, 15) is 4.79 Å². The van der Waals surface area contributed by atoms with Crippen molar-refractivity contribution in [3.8, 4) is 5.75 Å². The Bertz CT molecular complexity index is 1040. The smallest absolute Gasteiger partial charge is 0.255 e. The zero-order valence-corrected chi connectivity index (χ0v) is 17.6. The van der Waals surface area contributed by atoms with E-state index in [1.54, 1.807) is 0 Å². The van der Waals surface area contributed by atoms with Gasteiger partial charge in [-0.1, -0.05) is 30.3 Å². The second-order valence-electron chi connectivity index (χ2n) is 8.66. The lowest BCUT2D eigenvalue weighted by atomic mass is 9.97. The second-order valence-corrected chi connectivity index (χ2v) is 8.66. The minimum atomic E-state index is -0.0413. The highest BCUT2D eigenvalue weighted by Gasteiger charge is 2.39. The Balaban J connectivity index is 1.34. The first-order chi connectivity index (χ1) is 14.6. The summed E-state index contributed by atoms with van der Waals surface area (Å²) in [6, 6.07) is 17.2. The number of benzene rings is 2. The van der Waals surface area contributed by atoms with Gasteiger partial charge in [-0.15, -0.1) is 0 Å². The molecule has 3 heterocycles. The number of ether oxygens (including phenoxy) is 1. The molecule has 156 valence electrons. The zero-order valence-electron chi connectivity index (χ0n) is 17.6. The van der Waals surface area contributed by atoms with Crippen molar-refractivity contribution < 1.29 is 13.9 Å². The van der Waals surface area contributed by atoms with Crippen LogP contribution in [0.2, 0.25) is 0 Å². The van der Waals surface area contributed by atoms with E-state index in [4.69, 9.17) is 9.15 Å². The third-order valence-corrected chi connectivity index (χ3v) is 6.74. The summed E-state index contributed by atoms with van der Waals surface area (Å²) in [6.07, 6.45) is 4.53. The summed E-state index contributed by atoms with van der Waals surface area (Å²) in [5.74, 6) is 1.34. The number of carbonyl (C=O) groups excluding carboxylic acids is 1. The lowest BCUT2D eigenvalue weighted by Crippen LogP contribution is -2.48. The van der Waals surface area contributed by atoms with E-state index in [-0.39, 0.29) is 11.9 Å². The summed E-state index contributed by atoms with van der Waals surface area (Å²) < 4.78 is 11.8. The van der Waals surface area contributed by atoms with Crippen LogP contribution >= 0.6 is 0 Å². The van der Waals surface area contributed by atoms with Crippen LogP contribution in [0, 0.1) is 6.92 Å². The van der Waals surface area contributed by atoms with Crippen LogP contribution < -0.4 is 10.1 Å². The Hall–Kier alpha value is -2.79. The minimum absolute atomic E-state index is 0.0413. The van der Waals surface area contributed by atoms with Gasteiger partial charge in [0.25, 0.3) is 5.91 Å². The quantitative estimate of drug-likeness (QED) is 0.671. The molecule has 30 heavy (non-hydrogen) atoms. The lowest BCUT2D eigenvalue weighted by Gasteiger charge is -2.36. The molecule has 2 bridgehead atoms. The van der Waals surface area contributed by atoms with Crippen LogP contribution in [0.15, 0.2) is 52.9 Å². The van der Waals surface area contributed by atoms with E-state index < -0.39 is 0 Å². The van der Waals surface area contributed by atoms with E-state index in [2.05, 4.69) is 17.3 Å². The lowest BCUT2D eigenvalue weighted by molar-refractivity contribution is 0.0882. The van der Waals surface area contributed by atoms with E-state index >= 15 is 0 Å². The number of nitrogens with one attached hydrogen (secondary N) is 1. The molecule has 5 nitrogen and oxygen atoms in total. The number of fused-ring (bicyclic) bond motifs is 3. The van der Waals surface area contributed by atoms with Gasteiger partial charge in [-0.05, 0) is 63.4 Å². The molecule has 1 N–H and O–H groups in total. The number of furan rings is 1. The molecule has 2 unspecified atom stereocenters. The molecule has 0 aliphatic carbocycles. The molecule has 1 amide bonds. The summed E-state index contributed by atoms with van der Waals surface area (Å²) in [7, 11) is 2.21. The first kappa shape index (κ1) is 19.2. The molecule has 2 aliphatic heterocycles. The van der Waals surface area contributed by atoms with Crippen LogP contribution in [0.5, 0.6) is 5.75 Å². The number of nitrogens with zero attached hydrogens (tertiary/aromatic N) is 1. The van der Waals surface area contributed by atoms with E-state index in [1.165, 1.54) is 12.8 Å². The van der Waals surface area contributed by atoms with Gasteiger partial charge < -0.3 is 19.4 Å². The maximum Gasteiger partial charge on any atom is 0.255 e. The fourth-order valence-electron chi connectivity index (χ4n) is 5.10. The van der Waals surface area contributed by atoms with Gasteiger partial charge in [0.1, 0.15) is 23.7 Å². The van der Waals surface area contributed by atoms with Gasteiger partial charge >= 0.3 is 0 Å².